The highest BCUT2D eigenvalue weighted by Crippen LogP contribution is 2.39. The third-order valence-electron chi connectivity index (χ3n) is 8.88. The lowest BCUT2D eigenvalue weighted by Gasteiger charge is -2.40. The third kappa shape index (κ3) is 6.79. The van der Waals surface area contributed by atoms with Crippen molar-refractivity contribution in [1.29, 1.82) is 0 Å². The van der Waals surface area contributed by atoms with Crippen molar-refractivity contribution in [1.82, 2.24) is 14.6 Å². The minimum absolute atomic E-state index is 0.0469. The van der Waals surface area contributed by atoms with E-state index in [2.05, 4.69) is 23.2 Å². The third-order valence-corrected chi connectivity index (χ3v) is 8.88. The van der Waals surface area contributed by atoms with Gasteiger partial charge in [0.15, 0.2) is 11.5 Å². The second kappa shape index (κ2) is 13.9. The summed E-state index contributed by atoms with van der Waals surface area (Å²) in [5.41, 5.74) is 3.06. The molecule has 0 spiro atoms. The van der Waals surface area contributed by atoms with Crippen molar-refractivity contribution >= 4 is 11.6 Å². The van der Waals surface area contributed by atoms with Gasteiger partial charge in [-0.1, -0.05) is 37.8 Å². The summed E-state index contributed by atoms with van der Waals surface area (Å²) in [5.74, 6) is 2.50. The van der Waals surface area contributed by atoms with Gasteiger partial charge >= 0.3 is 0 Å². The van der Waals surface area contributed by atoms with Crippen molar-refractivity contribution in [2.75, 3.05) is 20.3 Å². The molecule has 0 saturated heterocycles. The van der Waals surface area contributed by atoms with Crippen molar-refractivity contribution in [3.63, 3.8) is 0 Å². The highest BCUT2D eigenvalue weighted by molar-refractivity contribution is 6.07. The Morgan fingerprint density at radius 2 is 1.60 bits per heavy atom. The lowest BCUT2D eigenvalue weighted by Crippen LogP contribution is -2.49. The Bertz CT molecular complexity index is 1410. The van der Waals surface area contributed by atoms with E-state index in [0.717, 1.165) is 74.1 Å². The number of unbranched alkanes of at least 4 members (excludes halogenated alkanes) is 1. The Kier molecular flexibility index (Phi) is 9.40. The maximum atomic E-state index is 13.6. The standard InChI is InChI=1S/C35H42N4O4/c1-41-32-19-14-26(34-30-12-6-7-13-31(30)35(40)39(37-34)28-10-4-2-3-5-11-28)24-33(32)43-23-9-8-22-42-29-17-15-27(16-18-29)38-21-20-36-25-38/h6-7,14-21,24-25,28,30-31H,2-5,8-13,22-23H2,1H3/t30-,31+/m1/s1. The molecule has 1 saturated carbocycles. The van der Waals surface area contributed by atoms with Gasteiger partial charge in [0, 0.05) is 29.6 Å². The molecule has 2 aromatic carbocycles. The number of ether oxygens (including phenoxy) is 3. The maximum Gasteiger partial charge on any atom is 0.247 e. The number of carbonyl (C=O) groups excluding carboxylic acids is 1. The molecular weight excluding hydrogens is 540 g/mol. The smallest absolute Gasteiger partial charge is 0.247 e. The first-order valence-electron chi connectivity index (χ1n) is 15.8. The van der Waals surface area contributed by atoms with Gasteiger partial charge in [-0.3, -0.25) is 4.79 Å². The molecule has 0 N–H and O–H groups in total. The fourth-order valence-corrected chi connectivity index (χ4v) is 6.49. The average molecular weight is 583 g/mol. The predicted molar refractivity (Wildman–Crippen MR) is 167 cm³/mol. The van der Waals surface area contributed by atoms with E-state index in [1.54, 1.807) is 19.6 Å². The van der Waals surface area contributed by atoms with Crippen LogP contribution in [0.25, 0.3) is 5.69 Å². The monoisotopic (exact) mass is 582 g/mol. The molecule has 226 valence electrons. The fraction of sp³-hybridized carbons (Fsp3) is 0.457. The van der Waals surface area contributed by atoms with Crippen LogP contribution in [0.3, 0.4) is 0 Å². The van der Waals surface area contributed by atoms with E-state index in [1.807, 2.05) is 52.2 Å². The van der Waals surface area contributed by atoms with Gasteiger partial charge in [-0.2, -0.15) is 5.10 Å². The number of hydrogen-bond acceptors (Lipinski definition) is 6. The SMILES string of the molecule is COc1ccc(C2=NN(C3CCCCCC3)C(=O)[C@H]3CC=CC[C@@H]23)cc1OCCCCOc1ccc(-n2ccnc2)cc1. The number of rotatable bonds is 11. The summed E-state index contributed by atoms with van der Waals surface area (Å²) in [7, 11) is 1.67. The van der Waals surface area contributed by atoms with Crippen LogP contribution in [0.15, 0.2) is 78.4 Å². The van der Waals surface area contributed by atoms with Crippen LogP contribution in [0.1, 0.15) is 69.8 Å². The van der Waals surface area contributed by atoms with Crippen molar-refractivity contribution in [3.8, 4) is 22.9 Å². The lowest BCUT2D eigenvalue weighted by atomic mass is 9.76. The topological polar surface area (TPSA) is 78.2 Å². The van der Waals surface area contributed by atoms with Gasteiger partial charge < -0.3 is 18.8 Å². The highest BCUT2D eigenvalue weighted by atomic mass is 16.5. The zero-order valence-corrected chi connectivity index (χ0v) is 25.1. The normalized spacial score (nSPS) is 20.7. The number of amides is 1. The van der Waals surface area contributed by atoms with Gasteiger partial charge in [-0.05, 0) is 81.0 Å². The number of hydrazone groups is 1. The van der Waals surface area contributed by atoms with Crippen molar-refractivity contribution in [2.24, 2.45) is 16.9 Å². The molecule has 3 aliphatic rings. The molecule has 2 aliphatic carbocycles. The number of nitrogens with zero attached hydrogens (tertiary/aromatic N) is 4. The van der Waals surface area contributed by atoms with E-state index < -0.39 is 0 Å². The maximum absolute atomic E-state index is 13.6. The van der Waals surface area contributed by atoms with E-state index in [9.17, 15) is 4.79 Å². The van der Waals surface area contributed by atoms with Crippen LogP contribution in [0.5, 0.6) is 17.2 Å². The second-order valence-corrected chi connectivity index (χ2v) is 11.7. The van der Waals surface area contributed by atoms with Crippen LogP contribution in [0.4, 0.5) is 0 Å². The molecule has 1 fully saturated rings. The van der Waals surface area contributed by atoms with Crippen molar-refractivity contribution in [3.05, 3.63) is 78.9 Å². The molecule has 2 atom stereocenters. The highest BCUT2D eigenvalue weighted by Gasteiger charge is 2.42. The Labute approximate surface area is 254 Å². The van der Waals surface area contributed by atoms with Gasteiger partial charge in [0.05, 0.1) is 44.3 Å². The number of aromatic nitrogens is 2. The first-order valence-corrected chi connectivity index (χ1v) is 15.8. The van der Waals surface area contributed by atoms with Crippen molar-refractivity contribution < 1.29 is 19.0 Å². The minimum atomic E-state index is -0.0469. The summed E-state index contributed by atoms with van der Waals surface area (Å²) in [5, 5.41) is 6.96. The summed E-state index contributed by atoms with van der Waals surface area (Å²) in [6.07, 6.45) is 20.0. The molecule has 3 aromatic rings. The van der Waals surface area contributed by atoms with E-state index in [1.165, 1.54) is 12.8 Å². The first kappa shape index (κ1) is 29.0. The molecular formula is C35H42N4O4. The van der Waals surface area contributed by atoms with Crippen LogP contribution in [0, 0.1) is 11.8 Å². The zero-order chi connectivity index (χ0) is 29.4. The van der Waals surface area contributed by atoms with E-state index in [-0.39, 0.29) is 23.8 Å². The van der Waals surface area contributed by atoms with Gasteiger partial charge in [0.25, 0.3) is 0 Å². The summed E-state index contributed by atoms with van der Waals surface area (Å²) in [6, 6.07) is 14.3. The molecule has 1 aliphatic heterocycles. The van der Waals surface area contributed by atoms with Crippen LogP contribution in [0.2, 0.25) is 0 Å². The summed E-state index contributed by atoms with van der Waals surface area (Å²) < 4.78 is 19.8. The summed E-state index contributed by atoms with van der Waals surface area (Å²) in [6.45, 7) is 1.17. The lowest BCUT2D eigenvalue weighted by molar-refractivity contribution is -0.140. The molecule has 8 nitrogen and oxygen atoms in total. The molecule has 6 rings (SSSR count). The van der Waals surface area contributed by atoms with E-state index in [4.69, 9.17) is 19.3 Å². The molecule has 0 bridgehead atoms. The molecule has 8 heteroatoms. The summed E-state index contributed by atoms with van der Waals surface area (Å²) in [4.78, 5) is 17.7. The Hall–Kier alpha value is -4.07. The van der Waals surface area contributed by atoms with Gasteiger partial charge in [-0.15, -0.1) is 0 Å². The molecule has 0 unspecified atom stereocenters. The van der Waals surface area contributed by atoms with E-state index in [0.29, 0.717) is 24.7 Å². The number of imidazole rings is 1. The molecule has 43 heavy (non-hydrogen) atoms. The van der Waals surface area contributed by atoms with Gasteiger partial charge in [0.2, 0.25) is 5.91 Å². The number of fused-ring (bicyclic) bond motifs is 1. The largest absolute Gasteiger partial charge is 0.494 e. The van der Waals surface area contributed by atoms with Crippen LogP contribution >= 0.6 is 0 Å². The van der Waals surface area contributed by atoms with Crippen LogP contribution < -0.4 is 14.2 Å². The molecule has 0 radical (unpaired) electrons. The first-order chi connectivity index (χ1) is 21.2. The van der Waals surface area contributed by atoms with Crippen LogP contribution in [-0.4, -0.2) is 52.5 Å². The zero-order valence-electron chi connectivity index (χ0n) is 25.1. The Balaban J connectivity index is 1.09. The van der Waals surface area contributed by atoms with E-state index >= 15 is 0 Å². The van der Waals surface area contributed by atoms with Gasteiger partial charge in [0.1, 0.15) is 5.75 Å². The number of carbonyl (C=O) groups is 1. The second-order valence-electron chi connectivity index (χ2n) is 11.7. The number of allylic oxidation sites excluding steroid dienone is 2. The average Bonchev–Trinajstić information content (AvgIpc) is 3.46. The van der Waals surface area contributed by atoms with Gasteiger partial charge in [-0.25, -0.2) is 9.99 Å². The number of hydrogen-bond donors (Lipinski definition) is 0. The fourth-order valence-electron chi connectivity index (χ4n) is 6.49. The minimum Gasteiger partial charge on any atom is -0.494 e. The molecule has 1 aromatic heterocycles. The Morgan fingerprint density at radius 3 is 2.33 bits per heavy atom. The number of methoxy groups -OCH3 is 1. The quantitative estimate of drug-likeness (QED) is 0.139. The summed E-state index contributed by atoms with van der Waals surface area (Å²) >= 11 is 0. The number of benzene rings is 2. The Morgan fingerprint density at radius 1 is 0.860 bits per heavy atom. The molecule has 2 heterocycles. The van der Waals surface area contributed by atoms with Crippen LogP contribution in [-0.2, 0) is 4.79 Å². The van der Waals surface area contributed by atoms with Crippen molar-refractivity contribution in [2.45, 2.75) is 70.3 Å². The predicted octanol–water partition coefficient (Wildman–Crippen LogP) is 6.97. The molecule has 1 amide bonds.